The Bertz CT molecular complexity index is 589. The predicted molar refractivity (Wildman–Crippen MR) is 92.3 cm³/mol. The number of likely N-dealkylation sites (N-methyl/N-ethyl adjacent to an activating group) is 1. The van der Waals surface area contributed by atoms with E-state index in [1.165, 1.54) is 0 Å². The van der Waals surface area contributed by atoms with Crippen LogP contribution in [0, 0.1) is 0 Å². The van der Waals surface area contributed by atoms with E-state index in [2.05, 4.69) is 4.90 Å². The fourth-order valence-electron chi connectivity index (χ4n) is 3.20. The first-order valence-electron chi connectivity index (χ1n) is 8.18. The van der Waals surface area contributed by atoms with Gasteiger partial charge in [-0.15, -0.1) is 0 Å². The van der Waals surface area contributed by atoms with Gasteiger partial charge in [-0.25, -0.2) is 8.42 Å². The van der Waals surface area contributed by atoms with Gasteiger partial charge < -0.3 is 14.9 Å². The first-order chi connectivity index (χ1) is 10.8. The summed E-state index contributed by atoms with van der Waals surface area (Å²) in [5.41, 5.74) is -0.656. The van der Waals surface area contributed by atoms with E-state index in [1.54, 1.807) is 24.3 Å². The van der Waals surface area contributed by atoms with Gasteiger partial charge in [0.05, 0.1) is 16.2 Å². The molecule has 0 saturated carbocycles. The summed E-state index contributed by atoms with van der Waals surface area (Å²) in [4.78, 5) is 4.56. The first-order valence-corrected chi connectivity index (χ1v) is 9.83. The van der Waals surface area contributed by atoms with E-state index in [0.717, 1.165) is 25.9 Å². The fraction of sp³-hybridized carbons (Fsp3) is 0.647. The Morgan fingerprint density at radius 3 is 2.52 bits per heavy atom. The summed E-state index contributed by atoms with van der Waals surface area (Å²) in [6, 6.07) is 8.61. The molecule has 1 fully saturated rings. The van der Waals surface area contributed by atoms with Gasteiger partial charge >= 0.3 is 0 Å². The van der Waals surface area contributed by atoms with Crippen LogP contribution in [0.25, 0.3) is 0 Å². The molecule has 1 atom stereocenters. The van der Waals surface area contributed by atoms with Crippen molar-refractivity contribution < 1.29 is 13.5 Å². The van der Waals surface area contributed by atoms with E-state index < -0.39 is 15.4 Å². The monoisotopic (exact) mass is 340 g/mol. The standard InChI is InChI=1S/C17H28N2O3S/c1-18(2)15-17(20)9-6-11-19(12-10-17)13-14-23(21,22)16-7-4-3-5-8-16/h3-5,7-8,20H,6,9-15H2,1-2H3/t17-/m1/s1. The van der Waals surface area contributed by atoms with Crippen LogP contribution >= 0.6 is 0 Å². The minimum Gasteiger partial charge on any atom is -0.389 e. The van der Waals surface area contributed by atoms with Gasteiger partial charge in [0.2, 0.25) is 0 Å². The zero-order valence-electron chi connectivity index (χ0n) is 14.1. The van der Waals surface area contributed by atoms with Gasteiger partial charge in [-0.05, 0) is 52.0 Å². The fourth-order valence-corrected chi connectivity index (χ4v) is 4.51. The molecule has 2 rings (SSSR count). The molecule has 0 unspecified atom stereocenters. The van der Waals surface area contributed by atoms with Gasteiger partial charge in [-0.2, -0.15) is 0 Å². The van der Waals surface area contributed by atoms with Crippen molar-refractivity contribution in [2.45, 2.75) is 29.8 Å². The number of hydrogen-bond donors (Lipinski definition) is 1. The quantitative estimate of drug-likeness (QED) is 0.844. The molecule has 0 radical (unpaired) electrons. The average molecular weight is 340 g/mol. The van der Waals surface area contributed by atoms with Crippen LogP contribution in [0.5, 0.6) is 0 Å². The summed E-state index contributed by atoms with van der Waals surface area (Å²) in [5.74, 6) is 0.128. The smallest absolute Gasteiger partial charge is 0.179 e. The Labute approximate surface area is 139 Å². The summed E-state index contributed by atoms with van der Waals surface area (Å²) in [6.45, 7) is 2.77. The lowest BCUT2D eigenvalue weighted by Gasteiger charge is -2.30. The normalized spacial score (nSPS) is 23.8. The van der Waals surface area contributed by atoms with E-state index in [0.29, 0.717) is 24.4 Å². The van der Waals surface area contributed by atoms with Crippen LogP contribution in [-0.4, -0.2) is 75.0 Å². The van der Waals surface area contributed by atoms with Crippen LogP contribution in [0.2, 0.25) is 0 Å². The number of hydrogen-bond acceptors (Lipinski definition) is 5. The zero-order chi connectivity index (χ0) is 16.9. The highest BCUT2D eigenvalue weighted by atomic mass is 32.2. The maximum absolute atomic E-state index is 12.4. The zero-order valence-corrected chi connectivity index (χ0v) is 14.9. The lowest BCUT2D eigenvalue weighted by Crippen LogP contribution is -2.41. The summed E-state index contributed by atoms with van der Waals surface area (Å²) < 4.78 is 24.7. The highest BCUT2D eigenvalue weighted by Gasteiger charge is 2.30. The molecule has 5 nitrogen and oxygen atoms in total. The van der Waals surface area contributed by atoms with E-state index in [1.807, 2.05) is 25.1 Å². The Morgan fingerprint density at radius 2 is 1.87 bits per heavy atom. The van der Waals surface area contributed by atoms with Crippen LogP contribution in [-0.2, 0) is 9.84 Å². The van der Waals surface area contributed by atoms with E-state index in [4.69, 9.17) is 0 Å². The van der Waals surface area contributed by atoms with Crippen LogP contribution in [0.1, 0.15) is 19.3 Å². The lowest BCUT2D eigenvalue weighted by molar-refractivity contribution is 0.00288. The molecule has 1 heterocycles. The van der Waals surface area contributed by atoms with Crippen LogP contribution in [0.3, 0.4) is 0 Å². The van der Waals surface area contributed by atoms with E-state index in [-0.39, 0.29) is 5.75 Å². The Hall–Kier alpha value is -0.950. The van der Waals surface area contributed by atoms with Crippen LogP contribution in [0.15, 0.2) is 35.2 Å². The largest absolute Gasteiger partial charge is 0.389 e. The molecule has 1 saturated heterocycles. The van der Waals surface area contributed by atoms with Gasteiger partial charge in [0.1, 0.15) is 0 Å². The van der Waals surface area contributed by atoms with Crippen molar-refractivity contribution in [1.29, 1.82) is 0 Å². The van der Waals surface area contributed by atoms with Gasteiger partial charge in [0.15, 0.2) is 9.84 Å². The minimum atomic E-state index is -3.23. The van der Waals surface area contributed by atoms with E-state index >= 15 is 0 Å². The molecule has 23 heavy (non-hydrogen) atoms. The molecule has 1 aliphatic rings. The number of aliphatic hydroxyl groups is 1. The van der Waals surface area contributed by atoms with Crippen LogP contribution in [0.4, 0.5) is 0 Å². The molecule has 1 aliphatic heterocycles. The van der Waals surface area contributed by atoms with Gasteiger partial charge in [-0.3, -0.25) is 0 Å². The van der Waals surface area contributed by atoms with Crippen molar-refractivity contribution in [2.24, 2.45) is 0 Å². The topological polar surface area (TPSA) is 60.9 Å². The van der Waals surface area contributed by atoms with Gasteiger partial charge in [-0.1, -0.05) is 18.2 Å². The summed E-state index contributed by atoms with van der Waals surface area (Å²) in [6.07, 6.45) is 2.36. The second kappa shape index (κ2) is 7.75. The summed E-state index contributed by atoms with van der Waals surface area (Å²) in [7, 11) is 0.699. The highest BCUT2D eigenvalue weighted by molar-refractivity contribution is 7.91. The van der Waals surface area contributed by atoms with Crippen molar-refractivity contribution in [3.63, 3.8) is 0 Å². The predicted octanol–water partition coefficient (Wildman–Crippen LogP) is 1.24. The second-order valence-electron chi connectivity index (χ2n) is 6.79. The van der Waals surface area contributed by atoms with E-state index in [9.17, 15) is 13.5 Å². The molecule has 6 heteroatoms. The third kappa shape index (κ3) is 5.57. The highest BCUT2D eigenvalue weighted by Crippen LogP contribution is 2.23. The third-order valence-corrected chi connectivity index (χ3v) is 6.11. The molecule has 1 aromatic rings. The maximum atomic E-state index is 12.4. The van der Waals surface area contributed by atoms with Gasteiger partial charge in [0.25, 0.3) is 0 Å². The molecule has 0 aromatic heterocycles. The average Bonchev–Trinajstić information content (AvgIpc) is 2.67. The molecular weight excluding hydrogens is 312 g/mol. The molecule has 1 aromatic carbocycles. The molecule has 0 aliphatic carbocycles. The van der Waals surface area contributed by atoms with Gasteiger partial charge in [0, 0.05) is 19.6 Å². The summed E-state index contributed by atoms with van der Waals surface area (Å²) in [5, 5.41) is 10.7. The number of likely N-dealkylation sites (tertiary alicyclic amines) is 1. The third-order valence-electron chi connectivity index (χ3n) is 4.40. The van der Waals surface area contributed by atoms with Crippen molar-refractivity contribution in [3.05, 3.63) is 30.3 Å². The molecular formula is C17H28N2O3S. The molecule has 0 spiro atoms. The maximum Gasteiger partial charge on any atom is 0.179 e. The lowest BCUT2D eigenvalue weighted by atomic mass is 9.94. The molecule has 1 N–H and O–H groups in total. The molecule has 0 amide bonds. The van der Waals surface area contributed by atoms with Crippen molar-refractivity contribution in [3.8, 4) is 0 Å². The van der Waals surface area contributed by atoms with Crippen molar-refractivity contribution in [2.75, 3.05) is 46.0 Å². The number of rotatable bonds is 6. The minimum absolute atomic E-state index is 0.128. The molecule has 130 valence electrons. The Morgan fingerprint density at radius 1 is 1.17 bits per heavy atom. The Kier molecular flexibility index (Phi) is 6.19. The second-order valence-corrected chi connectivity index (χ2v) is 8.90. The number of sulfone groups is 1. The SMILES string of the molecule is CN(C)C[C@@]1(O)CCCN(CCS(=O)(=O)c2ccccc2)CC1. The Balaban J connectivity index is 1.90. The molecule has 0 bridgehead atoms. The van der Waals surface area contributed by atoms with Crippen molar-refractivity contribution >= 4 is 9.84 Å². The first kappa shape index (κ1) is 18.4. The number of nitrogens with zero attached hydrogens (tertiary/aromatic N) is 2. The van der Waals surface area contributed by atoms with Crippen LogP contribution < -0.4 is 0 Å². The number of benzene rings is 1. The summed E-state index contributed by atoms with van der Waals surface area (Å²) >= 11 is 0. The van der Waals surface area contributed by atoms with Crippen molar-refractivity contribution in [1.82, 2.24) is 9.80 Å².